The van der Waals surface area contributed by atoms with Crippen LogP contribution in [0, 0.1) is 6.92 Å². The molecule has 2 atom stereocenters. The summed E-state index contributed by atoms with van der Waals surface area (Å²) in [4.78, 5) is 6.69. The molecule has 2 aromatic rings. The highest BCUT2D eigenvalue weighted by Gasteiger charge is 2.37. The highest BCUT2D eigenvalue weighted by atomic mass is 32.2. The van der Waals surface area contributed by atoms with Gasteiger partial charge in [0.25, 0.3) is 0 Å². The third-order valence-electron chi connectivity index (χ3n) is 6.65. The zero-order valence-corrected chi connectivity index (χ0v) is 19.2. The van der Waals surface area contributed by atoms with E-state index in [0.717, 1.165) is 50.0 Å². The molecule has 1 aliphatic heterocycles. The van der Waals surface area contributed by atoms with E-state index in [1.54, 1.807) is 6.20 Å². The summed E-state index contributed by atoms with van der Waals surface area (Å²) in [7, 11) is -3.29. The smallest absolute Gasteiger partial charge is 0.209 e. The van der Waals surface area contributed by atoms with E-state index in [4.69, 9.17) is 4.74 Å². The number of aryl methyl sites for hydroxylation is 1. The first-order valence-corrected chi connectivity index (χ1v) is 13.1. The van der Waals surface area contributed by atoms with Crippen LogP contribution in [0.15, 0.2) is 48.7 Å². The second-order valence-corrected chi connectivity index (χ2v) is 10.7. The van der Waals surface area contributed by atoms with E-state index in [1.807, 2.05) is 13.0 Å². The SMILES string of the molecule is Cc1ncccc1N1CC[C@H](NS(C)(=O)=O)[C@@H]1COC1CCC(c2ccccc2)CC1. The molecule has 0 radical (unpaired) electrons. The Labute approximate surface area is 186 Å². The van der Waals surface area contributed by atoms with Gasteiger partial charge >= 0.3 is 0 Å². The minimum Gasteiger partial charge on any atom is -0.376 e. The van der Waals surface area contributed by atoms with E-state index in [9.17, 15) is 8.42 Å². The number of hydrogen-bond donors (Lipinski definition) is 1. The molecule has 1 aromatic carbocycles. The molecule has 7 heteroatoms. The number of sulfonamides is 1. The summed E-state index contributed by atoms with van der Waals surface area (Å²) < 4.78 is 33.1. The van der Waals surface area contributed by atoms with Crippen LogP contribution in [-0.4, -0.2) is 51.0 Å². The number of pyridine rings is 1. The highest BCUT2D eigenvalue weighted by Crippen LogP contribution is 2.35. The van der Waals surface area contributed by atoms with Gasteiger partial charge < -0.3 is 9.64 Å². The van der Waals surface area contributed by atoms with Gasteiger partial charge in [0.2, 0.25) is 10.0 Å². The Balaban J connectivity index is 1.40. The fraction of sp³-hybridized carbons (Fsp3) is 0.542. The van der Waals surface area contributed by atoms with Gasteiger partial charge in [-0.25, -0.2) is 13.1 Å². The summed E-state index contributed by atoms with van der Waals surface area (Å²) in [6.45, 7) is 3.30. The predicted molar refractivity (Wildman–Crippen MR) is 124 cm³/mol. The molecule has 0 amide bonds. The van der Waals surface area contributed by atoms with Crippen molar-refractivity contribution in [3.8, 4) is 0 Å². The molecule has 2 aliphatic rings. The third-order valence-corrected chi connectivity index (χ3v) is 7.38. The van der Waals surface area contributed by atoms with E-state index in [1.165, 1.54) is 11.8 Å². The Bertz CT molecular complexity index is 959. The summed E-state index contributed by atoms with van der Waals surface area (Å²) in [5.74, 6) is 0.613. The third kappa shape index (κ3) is 5.64. The lowest BCUT2D eigenvalue weighted by molar-refractivity contribution is 0.0157. The van der Waals surface area contributed by atoms with E-state index < -0.39 is 10.0 Å². The molecule has 2 fully saturated rings. The van der Waals surface area contributed by atoms with Crippen molar-refractivity contribution < 1.29 is 13.2 Å². The molecule has 1 saturated heterocycles. The average molecular weight is 444 g/mol. The fourth-order valence-electron chi connectivity index (χ4n) is 5.07. The summed E-state index contributed by atoms with van der Waals surface area (Å²) in [6, 6.07) is 14.5. The molecule has 0 unspecified atom stereocenters. The average Bonchev–Trinajstić information content (AvgIpc) is 3.14. The number of ether oxygens (including phenoxy) is 1. The summed E-state index contributed by atoms with van der Waals surface area (Å²) in [5, 5.41) is 0. The van der Waals surface area contributed by atoms with Gasteiger partial charge in [0.1, 0.15) is 0 Å². The van der Waals surface area contributed by atoms with Crippen LogP contribution in [0.4, 0.5) is 5.69 Å². The maximum Gasteiger partial charge on any atom is 0.209 e. The molecule has 4 rings (SSSR count). The van der Waals surface area contributed by atoms with Crippen LogP contribution in [0.25, 0.3) is 0 Å². The van der Waals surface area contributed by atoms with Crippen molar-refractivity contribution in [3.63, 3.8) is 0 Å². The van der Waals surface area contributed by atoms with Crippen LogP contribution < -0.4 is 9.62 Å². The maximum atomic E-state index is 11.9. The molecule has 1 N–H and O–H groups in total. The number of rotatable bonds is 7. The van der Waals surface area contributed by atoms with Crippen LogP contribution in [-0.2, 0) is 14.8 Å². The number of nitrogens with zero attached hydrogens (tertiary/aromatic N) is 2. The van der Waals surface area contributed by atoms with Crippen LogP contribution >= 0.6 is 0 Å². The minimum absolute atomic E-state index is 0.0375. The molecule has 168 valence electrons. The van der Waals surface area contributed by atoms with Crippen molar-refractivity contribution >= 4 is 15.7 Å². The molecule has 31 heavy (non-hydrogen) atoms. The molecule has 1 aromatic heterocycles. The summed E-state index contributed by atoms with van der Waals surface area (Å²) in [6.07, 6.45) is 8.37. The highest BCUT2D eigenvalue weighted by molar-refractivity contribution is 7.88. The maximum absolute atomic E-state index is 11.9. The molecule has 2 heterocycles. The molecule has 1 aliphatic carbocycles. The lowest BCUT2D eigenvalue weighted by Crippen LogP contribution is -2.48. The Hall–Kier alpha value is -1.96. The van der Waals surface area contributed by atoms with E-state index in [2.05, 4.69) is 51.0 Å². The molecule has 1 saturated carbocycles. The first-order valence-electron chi connectivity index (χ1n) is 11.2. The van der Waals surface area contributed by atoms with Crippen LogP contribution in [0.5, 0.6) is 0 Å². The number of aromatic nitrogens is 1. The van der Waals surface area contributed by atoms with Crippen molar-refractivity contribution in [2.24, 2.45) is 0 Å². The monoisotopic (exact) mass is 443 g/mol. The van der Waals surface area contributed by atoms with Crippen LogP contribution in [0.3, 0.4) is 0 Å². The normalized spacial score (nSPS) is 26.8. The lowest BCUT2D eigenvalue weighted by Gasteiger charge is -2.34. The van der Waals surface area contributed by atoms with Gasteiger partial charge in [-0.2, -0.15) is 0 Å². The molecule has 0 spiro atoms. The minimum atomic E-state index is -3.29. The Morgan fingerprint density at radius 1 is 1.06 bits per heavy atom. The van der Waals surface area contributed by atoms with Crippen molar-refractivity contribution in [1.82, 2.24) is 9.71 Å². The Kier molecular flexibility index (Phi) is 6.94. The Morgan fingerprint density at radius 3 is 2.48 bits per heavy atom. The number of anilines is 1. The van der Waals surface area contributed by atoms with Crippen molar-refractivity contribution in [1.29, 1.82) is 0 Å². The topological polar surface area (TPSA) is 71.5 Å². The summed E-state index contributed by atoms with van der Waals surface area (Å²) >= 11 is 0. The molecular weight excluding hydrogens is 410 g/mol. The number of benzene rings is 1. The molecule has 6 nitrogen and oxygen atoms in total. The van der Waals surface area contributed by atoms with Gasteiger partial charge in [-0.05, 0) is 62.6 Å². The number of nitrogens with one attached hydrogen (secondary N) is 1. The second-order valence-electron chi connectivity index (χ2n) is 8.87. The van der Waals surface area contributed by atoms with Gasteiger partial charge in [-0.1, -0.05) is 30.3 Å². The van der Waals surface area contributed by atoms with Gasteiger partial charge in [-0.15, -0.1) is 0 Å². The zero-order valence-electron chi connectivity index (χ0n) is 18.4. The van der Waals surface area contributed by atoms with Gasteiger partial charge in [0.15, 0.2) is 0 Å². The zero-order chi connectivity index (χ0) is 21.8. The summed E-state index contributed by atoms with van der Waals surface area (Å²) in [5.41, 5.74) is 3.44. The van der Waals surface area contributed by atoms with Crippen molar-refractivity contribution in [3.05, 3.63) is 59.9 Å². The van der Waals surface area contributed by atoms with Gasteiger partial charge in [0, 0.05) is 18.8 Å². The molecular formula is C24H33N3O3S. The largest absolute Gasteiger partial charge is 0.376 e. The second kappa shape index (κ2) is 9.67. The van der Waals surface area contributed by atoms with E-state index >= 15 is 0 Å². The first-order chi connectivity index (χ1) is 14.9. The van der Waals surface area contributed by atoms with Gasteiger partial charge in [-0.3, -0.25) is 4.98 Å². The fourth-order valence-corrected chi connectivity index (χ4v) is 5.90. The van der Waals surface area contributed by atoms with Crippen molar-refractivity contribution in [2.75, 3.05) is 24.3 Å². The standard InChI is InChI=1S/C24H33N3O3S/c1-18-23(9-6-15-25-18)27-16-14-22(26-31(2,28)29)24(27)17-30-21-12-10-20(11-13-21)19-7-4-3-5-8-19/h3-9,15,20-22,24,26H,10-14,16-17H2,1-2H3/t20?,21?,22-,24-/m0/s1. The lowest BCUT2D eigenvalue weighted by atomic mass is 9.83. The van der Waals surface area contributed by atoms with Gasteiger partial charge in [0.05, 0.1) is 36.4 Å². The predicted octanol–water partition coefficient (Wildman–Crippen LogP) is 3.63. The molecule has 0 bridgehead atoms. The van der Waals surface area contributed by atoms with E-state index in [0.29, 0.717) is 12.5 Å². The van der Waals surface area contributed by atoms with E-state index in [-0.39, 0.29) is 18.2 Å². The van der Waals surface area contributed by atoms with Crippen LogP contribution in [0.1, 0.15) is 49.3 Å². The number of hydrogen-bond acceptors (Lipinski definition) is 5. The Morgan fingerprint density at radius 2 is 1.81 bits per heavy atom. The van der Waals surface area contributed by atoms with Crippen molar-refractivity contribution in [2.45, 2.75) is 63.1 Å². The first kappa shape index (κ1) is 22.2. The quantitative estimate of drug-likeness (QED) is 0.708. The van der Waals surface area contributed by atoms with Crippen LogP contribution in [0.2, 0.25) is 0 Å².